The number of aromatic nitrogens is 3. The van der Waals surface area contributed by atoms with E-state index in [1.54, 1.807) is 10.1 Å². The van der Waals surface area contributed by atoms with Crippen molar-refractivity contribution in [1.29, 1.82) is 0 Å². The van der Waals surface area contributed by atoms with Crippen LogP contribution in [0.3, 0.4) is 0 Å². The molecule has 0 aliphatic rings. The van der Waals surface area contributed by atoms with Gasteiger partial charge in [0, 0.05) is 30.7 Å². The summed E-state index contributed by atoms with van der Waals surface area (Å²) in [6.07, 6.45) is 9.03. The Morgan fingerprint density at radius 3 is 2.74 bits per heavy atom. The molecule has 0 atom stereocenters. The van der Waals surface area contributed by atoms with Crippen LogP contribution in [0.4, 0.5) is 0 Å². The molecule has 3 rings (SSSR count). The number of carbonyl (C=O) groups is 1. The Bertz CT molecular complexity index is 871. The molecule has 0 saturated carbocycles. The van der Waals surface area contributed by atoms with Gasteiger partial charge in [-0.1, -0.05) is 24.3 Å². The Morgan fingerprint density at radius 1 is 1.35 bits per heavy atom. The van der Waals surface area contributed by atoms with Crippen LogP contribution >= 0.6 is 11.3 Å². The molecule has 0 aliphatic carbocycles. The van der Waals surface area contributed by atoms with E-state index in [4.69, 9.17) is 6.42 Å². The smallest absolute Gasteiger partial charge is 0.271 e. The van der Waals surface area contributed by atoms with Crippen molar-refractivity contribution in [3.05, 3.63) is 58.3 Å². The summed E-state index contributed by atoms with van der Waals surface area (Å²) in [5.74, 6) is 2.20. The number of nitrogens with one attached hydrogen (secondary N) is 1. The van der Waals surface area contributed by atoms with Crippen LogP contribution in [0, 0.1) is 12.3 Å². The van der Waals surface area contributed by atoms with Crippen LogP contribution < -0.4 is 5.32 Å². The van der Waals surface area contributed by atoms with E-state index in [0.29, 0.717) is 17.2 Å². The third kappa shape index (κ3) is 3.47. The van der Waals surface area contributed by atoms with Gasteiger partial charge in [-0.2, -0.15) is 5.10 Å². The third-order valence-electron chi connectivity index (χ3n) is 3.31. The summed E-state index contributed by atoms with van der Waals surface area (Å²) in [5, 5.41) is 9.17. The Morgan fingerprint density at radius 2 is 2.13 bits per heavy atom. The van der Waals surface area contributed by atoms with E-state index in [2.05, 4.69) is 21.3 Å². The second kappa shape index (κ2) is 6.46. The van der Waals surface area contributed by atoms with Crippen LogP contribution in [0.2, 0.25) is 0 Å². The molecule has 2 heterocycles. The maximum Gasteiger partial charge on any atom is 0.271 e. The quantitative estimate of drug-likeness (QED) is 0.751. The Labute approximate surface area is 138 Å². The number of aryl methyl sites for hydroxylation is 1. The van der Waals surface area contributed by atoms with E-state index in [9.17, 15) is 4.79 Å². The van der Waals surface area contributed by atoms with E-state index in [1.807, 2.05) is 43.7 Å². The standard InChI is InChI=1S/C17H14N4OS/c1-3-16-20-15(11-23-16)17(22)18-8-12-4-6-13(7-5-12)14-9-19-21(2)10-14/h1,4-7,9-11H,8H2,2H3,(H,18,22). The molecule has 3 aromatic rings. The average Bonchev–Trinajstić information content (AvgIpc) is 3.22. The van der Waals surface area contributed by atoms with Gasteiger partial charge in [-0.25, -0.2) is 4.98 Å². The summed E-state index contributed by atoms with van der Waals surface area (Å²) in [6.45, 7) is 0.440. The predicted molar refractivity (Wildman–Crippen MR) is 89.9 cm³/mol. The van der Waals surface area contributed by atoms with Gasteiger partial charge in [0.15, 0.2) is 5.01 Å². The van der Waals surface area contributed by atoms with Crippen molar-refractivity contribution in [2.24, 2.45) is 7.05 Å². The fourth-order valence-electron chi connectivity index (χ4n) is 2.10. The molecule has 1 aromatic carbocycles. The van der Waals surface area contributed by atoms with Crippen LogP contribution in [0.5, 0.6) is 0 Å². The number of hydrogen-bond donors (Lipinski definition) is 1. The van der Waals surface area contributed by atoms with Crippen LogP contribution in [-0.2, 0) is 13.6 Å². The minimum atomic E-state index is -0.223. The average molecular weight is 322 g/mol. The third-order valence-corrected chi connectivity index (χ3v) is 4.08. The van der Waals surface area contributed by atoms with Gasteiger partial charge in [0.05, 0.1) is 6.20 Å². The molecule has 1 N–H and O–H groups in total. The first kappa shape index (κ1) is 15.0. The van der Waals surface area contributed by atoms with Gasteiger partial charge < -0.3 is 5.32 Å². The number of amides is 1. The number of thiazole rings is 1. The number of terminal acetylenes is 1. The highest BCUT2D eigenvalue weighted by Crippen LogP contribution is 2.18. The zero-order chi connectivity index (χ0) is 16.2. The molecule has 6 heteroatoms. The lowest BCUT2D eigenvalue weighted by molar-refractivity contribution is 0.0946. The molecule has 0 fully saturated rings. The lowest BCUT2D eigenvalue weighted by atomic mass is 10.1. The van der Waals surface area contributed by atoms with E-state index in [0.717, 1.165) is 16.7 Å². The summed E-state index contributed by atoms with van der Waals surface area (Å²) >= 11 is 1.29. The van der Waals surface area contributed by atoms with Crippen molar-refractivity contribution in [3.8, 4) is 23.5 Å². The number of hydrogen-bond acceptors (Lipinski definition) is 4. The van der Waals surface area contributed by atoms with Gasteiger partial charge in [0.1, 0.15) is 5.69 Å². The highest BCUT2D eigenvalue weighted by atomic mass is 32.1. The second-order valence-corrected chi connectivity index (χ2v) is 5.82. The molecule has 0 unspecified atom stereocenters. The number of carbonyl (C=O) groups excluding carboxylic acids is 1. The summed E-state index contributed by atoms with van der Waals surface area (Å²) in [4.78, 5) is 16.1. The second-order valence-electron chi connectivity index (χ2n) is 4.96. The fraction of sp³-hybridized carbons (Fsp3) is 0.118. The zero-order valence-corrected chi connectivity index (χ0v) is 13.3. The van der Waals surface area contributed by atoms with Crippen LogP contribution in [0.1, 0.15) is 21.1 Å². The minimum Gasteiger partial charge on any atom is -0.347 e. The maximum atomic E-state index is 12.0. The molecule has 1 amide bonds. The topological polar surface area (TPSA) is 59.8 Å². The molecular formula is C17H14N4OS. The number of nitrogens with zero attached hydrogens (tertiary/aromatic N) is 3. The molecule has 2 aromatic heterocycles. The maximum absolute atomic E-state index is 12.0. The van der Waals surface area contributed by atoms with E-state index in [1.165, 1.54) is 11.3 Å². The molecule has 0 spiro atoms. The van der Waals surface area contributed by atoms with Crippen molar-refractivity contribution < 1.29 is 4.79 Å². The number of rotatable bonds is 4. The van der Waals surface area contributed by atoms with E-state index >= 15 is 0 Å². The molecule has 0 saturated heterocycles. The Hall–Kier alpha value is -2.91. The van der Waals surface area contributed by atoms with Crippen LogP contribution in [0.25, 0.3) is 11.1 Å². The monoisotopic (exact) mass is 322 g/mol. The Kier molecular flexibility index (Phi) is 4.22. The first-order chi connectivity index (χ1) is 11.2. The SMILES string of the molecule is C#Cc1nc(C(=O)NCc2ccc(-c3cnn(C)c3)cc2)cs1. The molecule has 0 radical (unpaired) electrons. The first-order valence-corrected chi connectivity index (χ1v) is 7.82. The van der Waals surface area contributed by atoms with Gasteiger partial charge in [-0.05, 0) is 17.0 Å². The van der Waals surface area contributed by atoms with Crippen molar-refractivity contribution in [3.63, 3.8) is 0 Å². The van der Waals surface area contributed by atoms with E-state index in [-0.39, 0.29) is 5.91 Å². The van der Waals surface area contributed by atoms with Crippen LogP contribution in [-0.4, -0.2) is 20.7 Å². The molecule has 0 bridgehead atoms. The largest absolute Gasteiger partial charge is 0.347 e. The molecule has 0 aliphatic heterocycles. The molecule has 23 heavy (non-hydrogen) atoms. The summed E-state index contributed by atoms with van der Waals surface area (Å²) in [7, 11) is 1.89. The van der Waals surface area contributed by atoms with Gasteiger partial charge in [-0.3, -0.25) is 9.48 Å². The minimum absolute atomic E-state index is 0.223. The fourth-order valence-corrected chi connectivity index (χ4v) is 2.70. The first-order valence-electron chi connectivity index (χ1n) is 6.94. The highest BCUT2D eigenvalue weighted by molar-refractivity contribution is 7.10. The van der Waals surface area contributed by atoms with Gasteiger partial charge >= 0.3 is 0 Å². The van der Waals surface area contributed by atoms with Crippen molar-refractivity contribution >= 4 is 17.2 Å². The zero-order valence-electron chi connectivity index (χ0n) is 12.5. The predicted octanol–water partition coefficient (Wildman–Crippen LogP) is 2.45. The normalized spacial score (nSPS) is 10.3. The van der Waals surface area contributed by atoms with Crippen molar-refractivity contribution in [2.75, 3.05) is 0 Å². The summed E-state index contributed by atoms with van der Waals surface area (Å²) < 4.78 is 1.77. The summed E-state index contributed by atoms with van der Waals surface area (Å²) in [5.41, 5.74) is 3.52. The lowest BCUT2D eigenvalue weighted by Crippen LogP contribution is -2.23. The van der Waals surface area contributed by atoms with Gasteiger partial charge in [0.2, 0.25) is 0 Å². The van der Waals surface area contributed by atoms with Gasteiger partial charge in [-0.15, -0.1) is 17.8 Å². The molecule has 114 valence electrons. The Balaban J connectivity index is 1.62. The van der Waals surface area contributed by atoms with Crippen LogP contribution in [0.15, 0.2) is 42.0 Å². The molecular weight excluding hydrogens is 308 g/mol. The van der Waals surface area contributed by atoms with Gasteiger partial charge in [0.25, 0.3) is 5.91 Å². The number of benzene rings is 1. The van der Waals surface area contributed by atoms with E-state index < -0.39 is 0 Å². The van der Waals surface area contributed by atoms with Crippen molar-refractivity contribution in [2.45, 2.75) is 6.54 Å². The summed E-state index contributed by atoms with van der Waals surface area (Å²) in [6, 6.07) is 7.99. The van der Waals surface area contributed by atoms with Crippen molar-refractivity contribution in [1.82, 2.24) is 20.1 Å². The highest BCUT2D eigenvalue weighted by Gasteiger charge is 2.09. The molecule has 5 nitrogen and oxygen atoms in total. The lowest BCUT2D eigenvalue weighted by Gasteiger charge is -2.04.